The molecule has 2 rings (SSSR count). The third-order valence-corrected chi connectivity index (χ3v) is 2.71. The van der Waals surface area contributed by atoms with Crippen LogP contribution in [0.15, 0.2) is 36.4 Å². The lowest BCUT2D eigenvalue weighted by molar-refractivity contribution is 0.468. The third kappa shape index (κ3) is 2.55. The topological polar surface area (TPSA) is 104 Å². The van der Waals surface area contributed by atoms with Gasteiger partial charge in [0.1, 0.15) is 5.69 Å². The molecule has 0 aliphatic carbocycles. The Balaban J connectivity index is 2.69. The summed E-state index contributed by atoms with van der Waals surface area (Å²) in [6.07, 6.45) is 0. The van der Waals surface area contributed by atoms with Gasteiger partial charge in [0.25, 0.3) is 10.7 Å². The van der Waals surface area contributed by atoms with Crippen LogP contribution in [0.1, 0.15) is 0 Å². The maximum atomic E-state index is 10.9. The van der Waals surface area contributed by atoms with Gasteiger partial charge in [-0.15, -0.1) is 0 Å². The number of benzene rings is 2. The van der Waals surface area contributed by atoms with Gasteiger partial charge in [-0.25, -0.2) is 0 Å². The minimum atomic E-state index is -4.50. The van der Waals surface area contributed by atoms with Gasteiger partial charge in [-0.05, 0) is 16.3 Å². The first kappa shape index (κ1) is 12.3. The maximum absolute atomic E-state index is 10.9. The maximum Gasteiger partial charge on any atom is 0.383 e. The molecule has 0 radical (unpaired) electrons. The van der Waals surface area contributed by atoms with Gasteiger partial charge in [0.2, 0.25) is 0 Å². The summed E-state index contributed by atoms with van der Waals surface area (Å²) in [5.41, 5.74) is -0.0774. The Labute approximate surface area is 102 Å². The predicted octanol–water partition coefficient (Wildman–Crippen LogP) is 1.96. The van der Waals surface area contributed by atoms with Crippen molar-refractivity contribution in [1.29, 1.82) is 0 Å². The lowest BCUT2D eigenvalue weighted by Gasteiger charge is -2.07. The first-order valence-electron chi connectivity index (χ1n) is 4.75. The van der Waals surface area contributed by atoms with Crippen molar-refractivity contribution in [3.63, 3.8) is 0 Å². The van der Waals surface area contributed by atoms with E-state index in [9.17, 15) is 13.4 Å². The molecule has 2 N–H and O–H groups in total. The second-order valence-corrected chi connectivity index (χ2v) is 4.54. The van der Waals surface area contributed by atoms with Crippen LogP contribution < -0.4 is 9.61 Å². The molecule has 0 heterocycles. The van der Waals surface area contributed by atoms with Crippen LogP contribution in [0.25, 0.3) is 10.8 Å². The quantitative estimate of drug-likeness (QED) is 0.382. The molecule has 0 aliphatic heterocycles. The SMILES string of the molecule is O=[O+]Oc1ccc2ccccc2c1NS(=O)(=O)O. The van der Waals surface area contributed by atoms with Gasteiger partial charge >= 0.3 is 15.0 Å². The van der Waals surface area contributed by atoms with Crippen molar-refractivity contribution < 1.29 is 17.9 Å². The lowest BCUT2D eigenvalue weighted by Crippen LogP contribution is -2.11. The lowest BCUT2D eigenvalue weighted by atomic mass is 10.1. The Hall–Kier alpha value is -2.19. The van der Waals surface area contributed by atoms with Crippen LogP contribution in [0.2, 0.25) is 0 Å². The smallest absolute Gasteiger partial charge is 0.269 e. The van der Waals surface area contributed by atoms with Gasteiger partial charge in [-0.3, -0.25) is 9.27 Å². The second-order valence-electron chi connectivity index (χ2n) is 3.39. The van der Waals surface area contributed by atoms with Crippen LogP contribution in [-0.4, -0.2) is 13.0 Å². The molecule has 8 heteroatoms. The van der Waals surface area contributed by atoms with E-state index >= 15 is 0 Å². The van der Waals surface area contributed by atoms with E-state index in [2.05, 4.69) is 9.63 Å². The second kappa shape index (κ2) is 4.59. The van der Waals surface area contributed by atoms with E-state index in [0.717, 1.165) is 0 Å². The van der Waals surface area contributed by atoms with E-state index in [4.69, 9.17) is 4.55 Å². The predicted molar refractivity (Wildman–Crippen MR) is 66.5 cm³/mol. The average molecular weight is 270 g/mol. The Morgan fingerprint density at radius 3 is 2.56 bits per heavy atom. The molecular weight excluding hydrogens is 262 g/mol. The minimum Gasteiger partial charge on any atom is -0.269 e. The minimum absolute atomic E-state index is 0.0774. The molecule has 0 fully saturated rings. The van der Waals surface area contributed by atoms with E-state index in [-0.39, 0.29) is 11.4 Å². The largest absolute Gasteiger partial charge is 0.383 e. The van der Waals surface area contributed by atoms with Gasteiger partial charge in [-0.2, -0.15) is 8.42 Å². The van der Waals surface area contributed by atoms with Crippen molar-refractivity contribution >= 4 is 26.8 Å². The number of anilines is 1. The molecule has 18 heavy (non-hydrogen) atoms. The molecule has 0 unspecified atom stereocenters. The van der Waals surface area contributed by atoms with Crippen LogP contribution >= 0.6 is 0 Å². The van der Waals surface area contributed by atoms with Crippen LogP contribution in [0, 0.1) is 9.71 Å². The highest BCUT2D eigenvalue weighted by molar-refractivity contribution is 7.87. The van der Waals surface area contributed by atoms with Crippen LogP contribution in [0.3, 0.4) is 0 Å². The molecular formula is C10H8NO6S+. The molecule has 0 saturated carbocycles. The molecule has 0 saturated heterocycles. The highest BCUT2D eigenvalue weighted by atomic mass is 32.2. The molecule has 0 aromatic heterocycles. The first-order valence-corrected chi connectivity index (χ1v) is 6.19. The van der Waals surface area contributed by atoms with E-state index in [1.165, 1.54) is 6.07 Å². The average Bonchev–Trinajstić information content (AvgIpc) is 2.31. The number of rotatable bonds is 4. The van der Waals surface area contributed by atoms with Gasteiger partial charge in [-0.1, -0.05) is 30.3 Å². The van der Waals surface area contributed by atoms with Crippen molar-refractivity contribution in [3.8, 4) is 5.75 Å². The van der Waals surface area contributed by atoms with Gasteiger partial charge < -0.3 is 0 Å². The third-order valence-electron chi connectivity index (χ3n) is 2.25. The summed E-state index contributed by atoms with van der Waals surface area (Å²) in [4.78, 5) is 14.3. The van der Waals surface area contributed by atoms with Crippen molar-refractivity contribution in [2.75, 3.05) is 4.72 Å². The van der Waals surface area contributed by atoms with Crippen LogP contribution in [-0.2, 0) is 10.3 Å². The van der Waals surface area contributed by atoms with Crippen molar-refractivity contribution in [1.82, 2.24) is 0 Å². The molecule has 0 aliphatic rings. The molecule has 0 amide bonds. The van der Waals surface area contributed by atoms with Crippen LogP contribution in [0.4, 0.5) is 5.69 Å². The number of hydrogen-bond donors (Lipinski definition) is 2. The normalized spacial score (nSPS) is 11.2. The zero-order chi connectivity index (χ0) is 13.2. The van der Waals surface area contributed by atoms with Crippen LogP contribution in [0.5, 0.6) is 5.75 Å². The fraction of sp³-hybridized carbons (Fsp3) is 0. The summed E-state index contributed by atoms with van der Waals surface area (Å²) < 4.78 is 35.7. The number of hydrogen-bond acceptors (Lipinski definition) is 4. The molecule has 2 aromatic rings. The summed E-state index contributed by atoms with van der Waals surface area (Å²) >= 11 is 0. The van der Waals surface area contributed by atoms with Crippen molar-refractivity contribution in [3.05, 3.63) is 46.1 Å². The van der Waals surface area contributed by atoms with Gasteiger partial charge in [0, 0.05) is 5.39 Å². The Morgan fingerprint density at radius 1 is 1.17 bits per heavy atom. The Bertz CT molecular complexity index is 697. The number of fused-ring (bicyclic) bond motifs is 1. The summed E-state index contributed by atoms with van der Waals surface area (Å²) in [5, 5.41) is 1.14. The Kier molecular flexibility index (Phi) is 3.13. The highest BCUT2D eigenvalue weighted by Crippen LogP contribution is 2.33. The van der Waals surface area contributed by atoms with E-state index in [0.29, 0.717) is 10.8 Å². The fourth-order valence-corrected chi connectivity index (χ4v) is 2.06. The molecule has 7 nitrogen and oxygen atoms in total. The Morgan fingerprint density at radius 2 is 1.89 bits per heavy atom. The molecule has 0 bridgehead atoms. The van der Waals surface area contributed by atoms with E-state index in [1.807, 2.05) is 4.72 Å². The molecule has 0 spiro atoms. The summed E-state index contributed by atoms with van der Waals surface area (Å²) in [6, 6.07) is 9.70. The standard InChI is InChI=1S/C10H7NO6S/c12-17-16-9-6-5-7-3-1-2-4-8(7)10(9)11-18(13,14)15/h1-6,11H/p+1. The molecule has 94 valence electrons. The van der Waals surface area contributed by atoms with Gasteiger partial charge in [0.05, 0.1) is 0 Å². The van der Waals surface area contributed by atoms with E-state index < -0.39 is 10.3 Å². The zero-order valence-corrected chi connectivity index (χ0v) is 9.68. The summed E-state index contributed by atoms with van der Waals surface area (Å²) in [6.45, 7) is 0. The fourth-order valence-electron chi connectivity index (χ4n) is 1.59. The van der Waals surface area contributed by atoms with Crippen molar-refractivity contribution in [2.24, 2.45) is 0 Å². The van der Waals surface area contributed by atoms with Crippen molar-refractivity contribution in [2.45, 2.75) is 0 Å². The molecule has 2 aromatic carbocycles. The van der Waals surface area contributed by atoms with Gasteiger partial charge in [0.15, 0.2) is 0 Å². The molecule has 0 atom stereocenters. The summed E-state index contributed by atoms with van der Waals surface area (Å²) in [7, 11) is -4.50. The monoisotopic (exact) mass is 270 g/mol. The van der Waals surface area contributed by atoms with E-state index in [1.54, 1.807) is 30.3 Å². The zero-order valence-electron chi connectivity index (χ0n) is 8.86. The number of nitrogens with one attached hydrogen (secondary N) is 1. The first-order chi connectivity index (χ1) is 8.51. The summed E-state index contributed by atoms with van der Waals surface area (Å²) in [5.74, 6) is -0.152. The highest BCUT2D eigenvalue weighted by Gasteiger charge is 2.18.